The summed E-state index contributed by atoms with van der Waals surface area (Å²) >= 11 is 2.12. The Bertz CT molecular complexity index is 2440. The van der Waals surface area contributed by atoms with Crippen LogP contribution in [-0.4, -0.2) is 119 Å². The van der Waals surface area contributed by atoms with Gasteiger partial charge in [0.05, 0.1) is 26.0 Å². The van der Waals surface area contributed by atoms with Crippen LogP contribution in [0.4, 0.5) is 14.7 Å². The van der Waals surface area contributed by atoms with E-state index in [1.807, 2.05) is 10.6 Å². The van der Waals surface area contributed by atoms with E-state index in [9.17, 15) is 29.1 Å². The molecule has 1 fully saturated rings. The first-order valence-electron chi connectivity index (χ1n) is 20.1. The zero-order chi connectivity index (χ0) is 46.3. The molecule has 3 atom stereocenters. The molecule has 1 aromatic carbocycles. The Morgan fingerprint density at radius 3 is 2.44 bits per heavy atom. The number of thioether (sulfide) groups is 1. The number of β-lactam (4-membered cyclic amide) rings is 1. The number of pyridine rings is 1. The van der Waals surface area contributed by atoms with Gasteiger partial charge in [0.25, 0.3) is 11.8 Å². The van der Waals surface area contributed by atoms with Crippen molar-refractivity contribution in [1.29, 1.82) is 0 Å². The highest BCUT2D eigenvalue weighted by molar-refractivity contribution is 8.00. The van der Waals surface area contributed by atoms with Crippen molar-refractivity contribution < 1.29 is 57.4 Å². The maximum atomic E-state index is 14.1. The van der Waals surface area contributed by atoms with Gasteiger partial charge in [0.2, 0.25) is 23.0 Å². The number of hydrogen-bond acceptors (Lipinski definition) is 17. The molecule has 0 spiro atoms. The fraction of sp³-hybridized carbons (Fsp3) is 0.463. The van der Waals surface area contributed by atoms with E-state index in [2.05, 4.69) is 35.4 Å². The van der Waals surface area contributed by atoms with Crippen LogP contribution in [0.15, 0.2) is 65.3 Å². The van der Waals surface area contributed by atoms with Gasteiger partial charge in [-0.2, -0.15) is 9.36 Å². The second-order valence-corrected chi connectivity index (χ2v) is 18.3. The number of rotatable bonds is 16. The van der Waals surface area contributed by atoms with Crippen LogP contribution in [0.25, 0.3) is 11.2 Å². The van der Waals surface area contributed by atoms with E-state index >= 15 is 0 Å². The number of aliphatic hydroxyl groups is 1. The second kappa shape index (κ2) is 20.0. The third-order valence-corrected chi connectivity index (χ3v) is 11.1. The lowest BCUT2D eigenvalue weighted by Gasteiger charge is -2.49. The number of fused-ring (bicyclic) bond motifs is 2. The van der Waals surface area contributed by atoms with E-state index < -0.39 is 58.6 Å². The van der Waals surface area contributed by atoms with Crippen LogP contribution < -0.4 is 25.3 Å². The van der Waals surface area contributed by atoms with Gasteiger partial charge in [-0.05, 0) is 83.3 Å². The Kier molecular flexibility index (Phi) is 14.7. The SMILES string of the molecule is CCON=C(C(=O)NC1C(=O)N2C(C(=O)OCc3ccc(OC)cc3)=C(C[n+]3cccc4c3ncn4CC(CO)NC(=O)OC(C)(C)C)CSC12)c1nsc(NC(=O)OC(C)(C)C)n1. The van der Waals surface area contributed by atoms with Gasteiger partial charge in [0.1, 0.15) is 59.3 Å². The summed E-state index contributed by atoms with van der Waals surface area (Å²) in [4.78, 5) is 82.2. The van der Waals surface area contributed by atoms with E-state index in [1.165, 1.54) is 16.7 Å². The normalized spacial score (nSPS) is 16.9. The maximum absolute atomic E-state index is 14.1. The summed E-state index contributed by atoms with van der Waals surface area (Å²) in [6, 6.07) is 8.85. The standard InChI is InChI=1S/C41H50N10O11S2/c1-9-60-47-28(31-45-37(64-48-31)46-39(57)62-41(5,6)7)33(53)44-29-34(54)51-30(36(55)59-20-23-12-14-26(58-8)15-13-23)24(21-63-35(29)51)17-49-16-10-11-27-32(49)42-22-50(27)18-25(19-52)43-38(56)61-40(2,3)4/h10-16,22,25,29,35,52H,9,17-21H2,1-8H3,(H2-,43,44,45,46,48,53,56,57)/p+1. The summed E-state index contributed by atoms with van der Waals surface area (Å²) < 4.78 is 29.5. The first-order valence-corrected chi connectivity index (χ1v) is 22.0. The molecule has 0 saturated carbocycles. The quantitative estimate of drug-likeness (QED) is 0.0315. The van der Waals surface area contributed by atoms with E-state index in [-0.39, 0.29) is 61.0 Å². The third kappa shape index (κ3) is 11.6. The largest absolute Gasteiger partial charge is 0.497 e. The van der Waals surface area contributed by atoms with Crippen molar-refractivity contribution in [3.8, 4) is 5.75 Å². The van der Waals surface area contributed by atoms with Gasteiger partial charge in [-0.25, -0.2) is 19.0 Å². The van der Waals surface area contributed by atoms with Crippen LogP contribution in [0.5, 0.6) is 5.75 Å². The number of methoxy groups -OCH3 is 1. The molecule has 0 bridgehead atoms. The molecule has 342 valence electrons. The average molecular weight is 924 g/mol. The number of imidazole rings is 1. The fourth-order valence-electron chi connectivity index (χ4n) is 6.44. The molecule has 64 heavy (non-hydrogen) atoms. The van der Waals surface area contributed by atoms with Crippen molar-refractivity contribution in [3.63, 3.8) is 0 Å². The monoisotopic (exact) mass is 923 g/mol. The number of nitrogens with zero attached hydrogens (tertiary/aromatic N) is 7. The van der Waals surface area contributed by atoms with Crippen molar-refractivity contribution >= 4 is 75.3 Å². The Morgan fingerprint density at radius 2 is 1.77 bits per heavy atom. The van der Waals surface area contributed by atoms with Gasteiger partial charge in [-0.1, -0.05) is 17.3 Å². The van der Waals surface area contributed by atoms with Crippen molar-refractivity contribution in [2.75, 3.05) is 31.4 Å². The highest BCUT2D eigenvalue weighted by atomic mass is 32.2. The number of carbonyl (C=O) groups excluding carboxylic acids is 5. The molecule has 4 N–H and O–H groups in total. The smallest absolute Gasteiger partial charge is 0.414 e. The summed E-state index contributed by atoms with van der Waals surface area (Å²) in [5.74, 6) is -1.42. The highest BCUT2D eigenvalue weighted by Gasteiger charge is 2.55. The molecule has 6 rings (SSSR count). The number of aromatic nitrogens is 5. The van der Waals surface area contributed by atoms with E-state index in [4.69, 9.17) is 23.8 Å². The Balaban J connectivity index is 1.24. The van der Waals surface area contributed by atoms with E-state index in [0.717, 1.165) is 11.5 Å². The predicted molar refractivity (Wildman–Crippen MR) is 233 cm³/mol. The number of esters is 1. The number of anilines is 1. The van der Waals surface area contributed by atoms with Crippen LogP contribution >= 0.6 is 23.3 Å². The molecular weight excluding hydrogens is 873 g/mol. The molecular formula is C41H51N10O11S2+. The molecule has 5 heterocycles. The molecule has 2 aliphatic rings. The summed E-state index contributed by atoms with van der Waals surface area (Å²) in [6.07, 6.45) is 1.93. The Hall–Kier alpha value is -6.33. The van der Waals surface area contributed by atoms with Crippen LogP contribution in [0, 0.1) is 0 Å². The van der Waals surface area contributed by atoms with Crippen molar-refractivity contribution in [3.05, 3.63) is 71.6 Å². The minimum absolute atomic E-state index is 0.0286. The number of nitrogens with one attached hydrogen (secondary N) is 3. The van der Waals surface area contributed by atoms with Crippen molar-refractivity contribution in [1.82, 2.24) is 34.4 Å². The number of aliphatic hydroxyl groups excluding tert-OH is 1. The molecule has 1 saturated heterocycles. The van der Waals surface area contributed by atoms with Gasteiger partial charge in [-0.3, -0.25) is 19.8 Å². The fourth-order valence-corrected chi connectivity index (χ4v) is 8.33. The highest BCUT2D eigenvalue weighted by Crippen LogP contribution is 2.41. The molecule has 23 heteroatoms. The Morgan fingerprint density at radius 1 is 1.05 bits per heavy atom. The molecule has 2 aliphatic heterocycles. The first kappa shape index (κ1) is 47.2. The lowest BCUT2D eigenvalue weighted by molar-refractivity contribution is -0.664. The van der Waals surface area contributed by atoms with Gasteiger partial charge in [0, 0.05) is 29.4 Å². The second-order valence-electron chi connectivity index (χ2n) is 16.4. The topological polar surface area (TPSA) is 251 Å². The number of carbonyl (C=O) groups is 5. The summed E-state index contributed by atoms with van der Waals surface area (Å²) in [6.45, 7) is 12.0. The number of amides is 4. The van der Waals surface area contributed by atoms with Gasteiger partial charge >= 0.3 is 23.8 Å². The van der Waals surface area contributed by atoms with Gasteiger partial charge < -0.3 is 44.1 Å². The zero-order valence-electron chi connectivity index (χ0n) is 36.6. The molecule has 21 nitrogen and oxygen atoms in total. The lowest BCUT2D eigenvalue weighted by atomic mass is 10.0. The minimum Gasteiger partial charge on any atom is -0.497 e. The van der Waals surface area contributed by atoms with Crippen LogP contribution in [0.2, 0.25) is 0 Å². The van der Waals surface area contributed by atoms with Crippen molar-refractivity contribution in [2.24, 2.45) is 5.16 Å². The predicted octanol–water partition coefficient (Wildman–Crippen LogP) is 3.25. The molecule has 0 aliphatic carbocycles. The van der Waals surface area contributed by atoms with Crippen LogP contribution in [0.3, 0.4) is 0 Å². The molecule has 0 radical (unpaired) electrons. The number of oxime groups is 1. The van der Waals surface area contributed by atoms with Crippen LogP contribution in [0.1, 0.15) is 59.9 Å². The Labute approximate surface area is 376 Å². The van der Waals surface area contributed by atoms with Crippen molar-refractivity contribution in [2.45, 2.75) is 96.8 Å². The number of alkyl carbamates (subject to hydrolysis) is 1. The lowest BCUT2D eigenvalue weighted by Crippen LogP contribution is -2.71. The molecule has 4 amide bonds. The first-order chi connectivity index (χ1) is 30.4. The molecule has 3 aromatic heterocycles. The summed E-state index contributed by atoms with van der Waals surface area (Å²) in [5, 5.41) is 21.2. The summed E-state index contributed by atoms with van der Waals surface area (Å²) in [7, 11) is 1.55. The number of ether oxygens (including phenoxy) is 4. The maximum Gasteiger partial charge on any atom is 0.414 e. The molecule has 4 aromatic rings. The average Bonchev–Trinajstić information content (AvgIpc) is 3.87. The third-order valence-electron chi connectivity index (χ3n) is 9.17. The van der Waals surface area contributed by atoms with Gasteiger partial charge in [0.15, 0.2) is 0 Å². The number of hydrogen-bond donors (Lipinski definition) is 4. The minimum atomic E-state index is -1.09. The number of benzene rings is 1. The van der Waals surface area contributed by atoms with E-state index in [1.54, 1.807) is 103 Å². The zero-order valence-corrected chi connectivity index (χ0v) is 38.2. The van der Waals surface area contributed by atoms with Gasteiger partial charge in [-0.15, -0.1) is 11.8 Å². The summed E-state index contributed by atoms with van der Waals surface area (Å²) in [5.41, 5.74) is 0.642. The van der Waals surface area contributed by atoms with E-state index in [0.29, 0.717) is 28.0 Å². The molecule has 3 unspecified atom stereocenters. The van der Waals surface area contributed by atoms with Crippen LogP contribution in [-0.2, 0) is 53.1 Å².